The molecule has 0 saturated heterocycles. The van der Waals surface area contributed by atoms with Gasteiger partial charge in [-0.2, -0.15) is 0 Å². The Hall–Kier alpha value is -2.67. The molecule has 0 bridgehead atoms. The molecule has 1 atom stereocenters. The van der Waals surface area contributed by atoms with Crippen molar-refractivity contribution in [1.82, 2.24) is 4.98 Å². The molecule has 2 rings (SSSR count). The monoisotopic (exact) mass is 331 g/mol. The zero-order chi connectivity index (χ0) is 17.7. The molecule has 0 aliphatic rings. The number of aliphatic hydroxyl groups is 1. The number of nitrogens with one attached hydrogen (secondary N) is 1. The van der Waals surface area contributed by atoms with Gasteiger partial charge < -0.3 is 15.2 Å². The van der Waals surface area contributed by atoms with Gasteiger partial charge in [-0.15, -0.1) is 0 Å². The van der Waals surface area contributed by atoms with Gasteiger partial charge >= 0.3 is 0 Å². The highest BCUT2D eigenvalue weighted by atomic mass is 16.6. The van der Waals surface area contributed by atoms with Crippen molar-refractivity contribution < 1.29 is 14.8 Å². The molecule has 0 saturated carbocycles. The molecule has 2 aromatic rings. The zero-order valence-electron chi connectivity index (χ0n) is 13.9. The second-order valence-corrected chi connectivity index (χ2v) is 5.75. The third-order valence-electron chi connectivity index (χ3n) is 3.39. The highest BCUT2D eigenvalue weighted by Crippen LogP contribution is 2.21. The number of pyridine rings is 1. The number of anilines is 1. The van der Waals surface area contributed by atoms with Crippen LogP contribution in [0.4, 0.5) is 11.5 Å². The number of aromatic nitrogens is 1. The molecule has 0 amide bonds. The number of nitrogens with zero attached hydrogens (tertiary/aromatic N) is 2. The van der Waals surface area contributed by atoms with E-state index in [9.17, 15) is 15.2 Å². The van der Waals surface area contributed by atoms with E-state index in [1.807, 2.05) is 26.0 Å². The topological polar surface area (TPSA) is 97.5 Å². The zero-order valence-corrected chi connectivity index (χ0v) is 13.9. The summed E-state index contributed by atoms with van der Waals surface area (Å²) in [5, 5.41) is 24.0. The van der Waals surface area contributed by atoms with Crippen LogP contribution in [0.1, 0.15) is 31.1 Å². The fraction of sp³-hybridized carbons (Fsp3) is 0.353. The summed E-state index contributed by atoms with van der Waals surface area (Å²) in [5.41, 5.74) is 1.24. The standard InChI is InChI=1S/C17H21N3O4/c1-11(2)24-14-6-4-13(5-7-14)16(21)10-19-17-8-12(3)15(9-18-17)20(22)23/h4-9,11,16,21H,10H2,1-3H3,(H,18,19). The third-order valence-corrected chi connectivity index (χ3v) is 3.39. The van der Waals surface area contributed by atoms with E-state index in [-0.39, 0.29) is 18.3 Å². The maximum Gasteiger partial charge on any atom is 0.290 e. The van der Waals surface area contributed by atoms with Gasteiger partial charge in [0.05, 0.1) is 17.1 Å². The van der Waals surface area contributed by atoms with Crippen LogP contribution in [0.2, 0.25) is 0 Å². The van der Waals surface area contributed by atoms with E-state index in [1.54, 1.807) is 25.1 Å². The number of rotatable bonds is 7. The molecule has 7 heteroatoms. The summed E-state index contributed by atoms with van der Waals surface area (Å²) in [6.45, 7) is 5.79. The first-order valence-corrected chi connectivity index (χ1v) is 7.66. The average Bonchev–Trinajstić information content (AvgIpc) is 2.52. The third kappa shape index (κ3) is 4.66. The maximum atomic E-state index is 10.8. The lowest BCUT2D eigenvalue weighted by atomic mass is 10.1. The second-order valence-electron chi connectivity index (χ2n) is 5.75. The second kappa shape index (κ2) is 7.74. The summed E-state index contributed by atoms with van der Waals surface area (Å²) in [6, 6.07) is 8.82. The van der Waals surface area contributed by atoms with Gasteiger partial charge in [0.25, 0.3) is 5.69 Å². The van der Waals surface area contributed by atoms with Gasteiger partial charge in [0.15, 0.2) is 0 Å². The first kappa shape index (κ1) is 17.7. The molecule has 1 unspecified atom stereocenters. The quantitative estimate of drug-likeness (QED) is 0.597. The van der Waals surface area contributed by atoms with Crippen LogP contribution in [0.15, 0.2) is 36.5 Å². The van der Waals surface area contributed by atoms with E-state index in [0.29, 0.717) is 11.4 Å². The van der Waals surface area contributed by atoms with Crippen LogP contribution in [0.5, 0.6) is 5.75 Å². The maximum absolute atomic E-state index is 10.8. The lowest BCUT2D eigenvalue weighted by Gasteiger charge is -2.14. The van der Waals surface area contributed by atoms with E-state index in [4.69, 9.17) is 4.74 Å². The first-order valence-electron chi connectivity index (χ1n) is 7.66. The number of benzene rings is 1. The molecule has 128 valence electrons. The summed E-state index contributed by atoms with van der Waals surface area (Å²) >= 11 is 0. The van der Waals surface area contributed by atoms with E-state index in [2.05, 4.69) is 10.3 Å². The Morgan fingerprint density at radius 3 is 2.54 bits per heavy atom. The van der Waals surface area contributed by atoms with Crippen molar-refractivity contribution in [3.63, 3.8) is 0 Å². The first-order chi connectivity index (χ1) is 11.4. The molecule has 0 radical (unpaired) electrons. The largest absolute Gasteiger partial charge is 0.491 e. The van der Waals surface area contributed by atoms with Gasteiger partial charge in [-0.3, -0.25) is 10.1 Å². The molecule has 1 heterocycles. The lowest BCUT2D eigenvalue weighted by molar-refractivity contribution is -0.385. The van der Waals surface area contributed by atoms with Gasteiger partial charge in [-0.25, -0.2) is 4.98 Å². The van der Waals surface area contributed by atoms with Crippen LogP contribution in [-0.4, -0.2) is 27.7 Å². The van der Waals surface area contributed by atoms with Crippen molar-refractivity contribution >= 4 is 11.5 Å². The SMILES string of the molecule is Cc1cc(NCC(O)c2ccc(OC(C)C)cc2)ncc1[N+](=O)[O-]. The molecule has 0 aliphatic heterocycles. The fourth-order valence-corrected chi connectivity index (χ4v) is 2.20. The molecular weight excluding hydrogens is 310 g/mol. The van der Waals surface area contributed by atoms with Crippen LogP contribution in [0, 0.1) is 17.0 Å². The van der Waals surface area contributed by atoms with Crippen LogP contribution >= 0.6 is 0 Å². The summed E-state index contributed by atoms with van der Waals surface area (Å²) in [7, 11) is 0. The summed E-state index contributed by atoms with van der Waals surface area (Å²) in [5.74, 6) is 1.23. The molecule has 2 N–H and O–H groups in total. The summed E-state index contributed by atoms with van der Waals surface area (Å²) < 4.78 is 5.56. The Bertz CT molecular complexity index is 701. The number of aliphatic hydroxyl groups excluding tert-OH is 1. The predicted molar refractivity (Wildman–Crippen MR) is 91.3 cm³/mol. The smallest absolute Gasteiger partial charge is 0.290 e. The highest BCUT2D eigenvalue weighted by molar-refractivity contribution is 5.47. The van der Waals surface area contributed by atoms with Gasteiger partial charge in [0.2, 0.25) is 0 Å². The van der Waals surface area contributed by atoms with Crippen molar-refractivity contribution in [2.24, 2.45) is 0 Å². The minimum Gasteiger partial charge on any atom is -0.491 e. The Balaban J connectivity index is 1.96. The van der Waals surface area contributed by atoms with Crippen LogP contribution < -0.4 is 10.1 Å². The molecule has 7 nitrogen and oxygen atoms in total. The lowest BCUT2D eigenvalue weighted by Crippen LogP contribution is -2.13. The molecule has 24 heavy (non-hydrogen) atoms. The molecule has 0 aliphatic carbocycles. The van der Waals surface area contributed by atoms with Crippen molar-refractivity contribution in [1.29, 1.82) is 0 Å². The number of ether oxygens (including phenoxy) is 1. The van der Waals surface area contributed by atoms with Crippen molar-refractivity contribution in [3.8, 4) is 5.75 Å². The van der Waals surface area contributed by atoms with E-state index in [1.165, 1.54) is 6.20 Å². The Morgan fingerprint density at radius 2 is 2.00 bits per heavy atom. The minimum absolute atomic E-state index is 0.0261. The number of hydrogen-bond donors (Lipinski definition) is 2. The summed E-state index contributed by atoms with van der Waals surface area (Å²) in [6.07, 6.45) is 0.580. The Morgan fingerprint density at radius 1 is 1.33 bits per heavy atom. The van der Waals surface area contributed by atoms with Gasteiger partial charge in [0.1, 0.15) is 17.8 Å². The van der Waals surface area contributed by atoms with E-state index >= 15 is 0 Å². The Kier molecular flexibility index (Phi) is 5.70. The summed E-state index contributed by atoms with van der Waals surface area (Å²) in [4.78, 5) is 14.3. The molecular formula is C17H21N3O4. The number of aryl methyl sites for hydroxylation is 1. The fourth-order valence-electron chi connectivity index (χ4n) is 2.20. The molecule has 0 spiro atoms. The van der Waals surface area contributed by atoms with E-state index < -0.39 is 11.0 Å². The molecule has 1 aromatic carbocycles. The van der Waals surface area contributed by atoms with Gasteiger partial charge in [0, 0.05) is 12.1 Å². The van der Waals surface area contributed by atoms with Crippen LogP contribution in [-0.2, 0) is 0 Å². The van der Waals surface area contributed by atoms with E-state index in [0.717, 1.165) is 11.3 Å². The molecule has 0 fully saturated rings. The average molecular weight is 331 g/mol. The number of hydrogen-bond acceptors (Lipinski definition) is 6. The Labute approximate surface area is 140 Å². The van der Waals surface area contributed by atoms with Crippen molar-refractivity contribution in [2.75, 3.05) is 11.9 Å². The highest BCUT2D eigenvalue weighted by Gasteiger charge is 2.13. The van der Waals surface area contributed by atoms with Crippen LogP contribution in [0.3, 0.4) is 0 Å². The molecule has 1 aromatic heterocycles. The normalized spacial score (nSPS) is 12.0. The van der Waals surface area contributed by atoms with Crippen LogP contribution in [0.25, 0.3) is 0 Å². The number of nitro groups is 1. The van der Waals surface area contributed by atoms with Gasteiger partial charge in [-0.05, 0) is 44.5 Å². The van der Waals surface area contributed by atoms with Crippen molar-refractivity contribution in [2.45, 2.75) is 33.0 Å². The van der Waals surface area contributed by atoms with Crippen molar-refractivity contribution in [3.05, 3.63) is 57.8 Å². The predicted octanol–water partition coefficient (Wildman–Crippen LogP) is 3.23. The minimum atomic E-state index is -0.726. The van der Waals surface area contributed by atoms with Gasteiger partial charge in [-0.1, -0.05) is 12.1 Å².